The van der Waals surface area contributed by atoms with Crippen LogP contribution in [0.4, 0.5) is 10.5 Å². The van der Waals surface area contributed by atoms with E-state index in [-0.39, 0.29) is 6.03 Å². The quantitative estimate of drug-likeness (QED) is 0.866. The first-order chi connectivity index (χ1) is 9.75. The fourth-order valence-corrected chi connectivity index (χ4v) is 2.36. The molecule has 2 heterocycles. The van der Waals surface area contributed by atoms with Crippen molar-refractivity contribution in [1.29, 1.82) is 0 Å². The third-order valence-electron chi connectivity index (χ3n) is 3.50. The summed E-state index contributed by atoms with van der Waals surface area (Å²) in [6.45, 7) is 4.42. The second-order valence-electron chi connectivity index (χ2n) is 4.86. The second-order valence-corrected chi connectivity index (χ2v) is 4.86. The van der Waals surface area contributed by atoms with E-state index in [0.29, 0.717) is 26.3 Å². The molecule has 1 aromatic carbocycles. The van der Waals surface area contributed by atoms with E-state index in [2.05, 4.69) is 10.3 Å². The topological polar surface area (TPSA) is 54.5 Å². The number of aromatic nitrogens is 1. The van der Waals surface area contributed by atoms with Crippen molar-refractivity contribution < 1.29 is 9.53 Å². The van der Waals surface area contributed by atoms with Gasteiger partial charge in [-0.05, 0) is 18.6 Å². The van der Waals surface area contributed by atoms with Gasteiger partial charge in [0.15, 0.2) is 0 Å². The number of aryl methyl sites for hydroxylation is 1. The minimum absolute atomic E-state index is 0.0762. The third kappa shape index (κ3) is 2.44. The number of pyridine rings is 1. The van der Waals surface area contributed by atoms with Gasteiger partial charge in [-0.25, -0.2) is 4.79 Å². The third-order valence-corrected chi connectivity index (χ3v) is 3.50. The molecule has 5 heteroatoms. The minimum Gasteiger partial charge on any atom is -0.378 e. The van der Waals surface area contributed by atoms with Crippen LogP contribution in [0.1, 0.15) is 5.56 Å². The van der Waals surface area contributed by atoms with Gasteiger partial charge in [0, 0.05) is 24.7 Å². The highest BCUT2D eigenvalue weighted by Gasteiger charge is 2.18. The maximum atomic E-state index is 12.3. The van der Waals surface area contributed by atoms with Crippen LogP contribution in [0.15, 0.2) is 30.5 Å². The molecule has 0 unspecified atom stereocenters. The van der Waals surface area contributed by atoms with Crippen LogP contribution in [0, 0.1) is 6.92 Å². The van der Waals surface area contributed by atoms with Gasteiger partial charge >= 0.3 is 6.03 Å². The van der Waals surface area contributed by atoms with Gasteiger partial charge in [-0.1, -0.05) is 18.2 Å². The Morgan fingerprint density at radius 2 is 2.05 bits per heavy atom. The van der Waals surface area contributed by atoms with Gasteiger partial charge in [-0.2, -0.15) is 0 Å². The Kier molecular flexibility index (Phi) is 3.52. The Balaban J connectivity index is 1.89. The van der Waals surface area contributed by atoms with Crippen molar-refractivity contribution in [1.82, 2.24) is 9.88 Å². The summed E-state index contributed by atoms with van der Waals surface area (Å²) >= 11 is 0. The molecule has 0 aliphatic carbocycles. The summed E-state index contributed by atoms with van der Waals surface area (Å²) in [5, 5.41) is 3.98. The molecule has 1 aliphatic heterocycles. The number of benzene rings is 1. The molecule has 20 heavy (non-hydrogen) atoms. The van der Waals surface area contributed by atoms with Crippen LogP contribution in [-0.2, 0) is 4.74 Å². The molecule has 1 saturated heterocycles. The summed E-state index contributed by atoms with van der Waals surface area (Å²) < 4.78 is 5.26. The molecule has 0 atom stereocenters. The number of rotatable bonds is 1. The Morgan fingerprint density at radius 3 is 2.85 bits per heavy atom. The van der Waals surface area contributed by atoms with Crippen molar-refractivity contribution in [2.75, 3.05) is 31.6 Å². The van der Waals surface area contributed by atoms with E-state index >= 15 is 0 Å². The van der Waals surface area contributed by atoms with Gasteiger partial charge in [0.1, 0.15) is 0 Å². The van der Waals surface area contributed by atoms with Crippen LogP contribution in [0.5, 0.6) is 0 Å². The Labute approximate surface area is 117 Å². The van der Waals surface area contributed by atoms with E-state index in [1.165, 1.54) is 0 Å². The number of hydrogen-bond acceptors (Lipinski definition) is 3. The molecule has 104 valence electrons. The Hall–Kier alpha value is -2.14. The highest BCUT2D eigenvalue weighted by atomic mass is 16.5. The average molecular weight is 271 g/mol. The standard InChI is InChI=1S/C15H17N3O2/c1-11-10-16-13-5-3-2-4-12(13)14(11)17-15(19)18-6-8-20-9-7-18/h2-5,10H,6-9H2,1H3,(H,16,17,19). The van der Waals surface area contributed by atoms with Crippen LogP contribution in [0.2, 0.25) is 0 Å². The average Bonchev–Trinajstić information content (AvgIpc) is 2.51. The lowest BCUT2D eigenvalue weighted by atomic mass is 10.1. The predicted octanol–water partition coefficient (Wildman–Crippen LogP) is 2.41. The fraction of sp³-hybridized carbons (Fsp3) is 0.333. The van der Waals surface area contributed by atoms with E-state index in [1.54, 1.807) is 11.1 Å². The Morgan fingerprint density at radius 1 is 1.30 bits per heavy atom. The second kappa shape index (κ2) is 5.46. The number of amides is 2. The molecule has 1 aromatic heterocycles. The van der Waals surface area contributed by atoms with Gasteiger partial charge in [0.25, 0.3) is 0 Å². The fourth-order valence-electron chi connectivity index (χ4n) is 2.36. The number of carbonyl (C=O) groups is 1. The van der Waals surface area contributed by atoms with Gasteiger partial charge in [-0.3, -0.25) is 4.98 Å². The number of morpholine rings is 1. The first kappa shape index (κ1) is 12.9. The number of urea groups is 1. The summed E-state index contributed by atoms with van der Waals surface area (Å²) in [5.74, 6) is 0. The van der Waals surface area contributed by atoms with Crippen LogP contribution in [-0.4, -0.2) is 42.2 Å². The zero-order valence-corrected chi connectivity index (χ0v) is 11.4. The number of para-hydroxylation sites is 1. The normalized spacial score (nSPS) is 15.3. The van der Waals surface area contributed by atoms with Crippen molar-refractivity contribution in [3.05, 3.63) is 36.0 Å². The Bertz CT molecular complexity index is 636. The molecule has 1 N–H and O–H groups in total. The zero-order chi connectivity index (χ0) is 13.9. The number of nitrogens with zero attached hydrogens (tertiary/aromatic N) is 2. The molecule has 2 amide bonds. The molecular formula is C15H17N3O2. The molecule has 0 saturated carbocycles. The van der Waals surface area contributed by atoms with Gasteiger partial charge in [0.2, 0.25) is 0 Å². The maximum Gasteiger partial charge on any atom is 0.322 e. The molecule has 0 bridgehead atoms. The van der Waals surface area contributed by atoms with Crippen molar-refractivity contribution in [2.45, 2.75) is 6.92 Å². The van der Waals surface area contributed by atoms with E-state index in [1.807, 2.05) is 31.2 Å². The lowest BCUT2D eigenvalue weighted by Gasteiger charge is -2.27. The van der Waals surface area contributed by atoms with Gasteiger partial charge < -0.3 is 15.0 Å². The van der Waals surface area contributed by atoms with Crippen LogP contribution >= 0.6 is 0 Å². The van der Waals surface area contributed by atoms with E-state index in [9.17, 15) is 4.79 Å². The predicted molar refractivity (Wildman–Crippen MR) is 77.9 cm³/mol. The summed E-state index contributed by atoms with van der Waals surface area (Å²) in [5.41, 5.74) is 2.69. The number of ether oxygens (including phenoxy) is 1. The summed E-state index contributed by atoms with van der Waals surface area (Å²) in [7, 11) is 0. The molecule has 5 nitrogen and oxygen atoms in total. The summed E-state index contributed by atoms with van der Waals surface area (Å²) in [6.07, 6.45) is 1.79. The maximum absolute atomic E-state index is 12.3. The summed E-state index contributed by atoms with van der Waals surface area (Å²) in [4.78, 5) is 18.5. The molecule has 1 fully saturated rings. The first-order valence-corrected chi connectivity index (χ1v) is 6.74. The van der Waals surface area contributed by atoms with E-state index in [0.717, 1.165) is 22.2 Å². The lowest BCUT2D eigenvalue weighted by Crippen LogP contribution is -2.43. The number of carbonyl (C=O) groups excluding carboxylic acids is 1. The minimum atomic E-state index is -0.0762. The molecule has 0 spiro atoms. The van der Waals surface area contributed by atoms with E-state index in [4.69, 9.17) is 4.74 Å². The van der Waals surface area contributed by atoms with Crippen LogP contribution in [0.3, 0.4) is 0 Å². The number of fused-ring (bicyclic) bond motifs is 1. The highest BCUT2D eigenvalue weighted by Crippen LogP contribution is 2.25. The van der Waals surface area contributed by atoms with E-state index < -0.39 is 0 Å². The number of hydrogen-bond donors (Lipinski definition) is 1. The lowest BCUT2D eigenvalue weighted by molar-refractivity contribution is 0.0564. The monoisotopic (exact) mass is 271 g/mol. The molecule has 1 aliphatic rings. The van der Waals surface area contributed by atoms with Crippen molar-refractivity contribution in [2.24, 2.45) is 0 Å². The van der Waals surface area contributed by atoms with Crippen molar-refractivity contribution in [3.8, 4) is 0 Å². The molecular weight excluding hydrogens is 254 g/mol. The van der Waals surface area contributed by atoms with Gasteiger partial charge in [0.05, 0.1) is 24.4 Å². The SMILES string of the molecule is Cc1cnc2ccccc2c1NC(=O)N1CCOCC1. The number of nitrogens with one attached hydrogen (secondary N) is 1. The molecule has 2 aromatic rings. The largest absolute Gasteiger partial charge is 0.378 e. The van der Waals surface area contributed by atoms with Crippen LogP contribution in [0.25, 0.3) is 10.9 Å². The molecule has 0 radical (unpaired) electrons. The highest BCUT2D eigenvalue weighted by molar-refractivity contribution is 6.01. The smallest absolute Gasteiger partial charge is 0.322 e. The number of anilines is 1. The summed E-state index contributed by atoms with van der Waals surface area (Å²) in [6, 6.07) is 7.74. The van der Waals surface area contributed by atoms with Crippen molar-refractivity contribution >= 4 is 22.6 Å². The zero-order valence-electron chi connectivity index (χ0n) is 11.4. The van der Waals surface area contributed by atoms with Gasteiger partial charge in [-0.15, -0.1) is 0 Å². The van der Waals surface area contributed by atoms with Crippen molar-refractivity contribution in [3.63, 3.8) is 0 Å². The van der Waals surface area contributed by atoms with Crippen LogP contribution < -0.4 is 5.32 Å². The first-order valence-electron chi connectivity index (χ1n) is 6.74. The molecule has 3 rings (SSSR count).